The van der Waals surface area contributed by atoms with Crippen LogP contribution in [0.25, 0.3) is 0 Å². The van der Waals surface area contributed by atoms with Crippen molar-refractivity contribution in [2.75, 3.05) is 59.1 Å². The van der Waals surface area contributed by atoms with Gasteiger partial charge in [-0.1, -0.05) is 0 Å². The van der Waals surface area contributed by atoms with Crippen molar-refractivity contribution in [3.63, 3.8) is 0 Å². The molecule has 0 aliphatic heterocycles. The fourth-order valence-electron chi connectivity index (χ4n) is 6.02. The van der Waals surface area contributed by atoms with Gasteiger partial charge in [-0.3, -0.25) is 33.6 Å². The average molecular weight is 889 g/mol. The second-order valence-electron chi connectivity index (χ2n) is 14.8. The van der Waals surface area contributed by atoms with E-state index in [1.165, 1.54) is 0 Å². The van der Waals surface area contributed by atoms with Crippen molar-refractivity contribution in [1.29, 1.82) is 0 Å². The molecule has 0 saturated heterocycles. The molecule has 0 aliphatic rings. The number of carbonyl (C=O) groups is 8. The van der Waals surface area contributed by atoms with Gasteiger partial charge >= 0.3 is 5.97 Å². The maximum absolute atomic E-state index is 14.0. The second kappa shape index (κ2) is 36.0. The molecule has 6 atom stereocenters. The number of carboxylic acid groups (broad SMARTS) is 1. The summed E-state index contributed by atoms with van der Waals surface area (Å²) < 4.78 is 4.98. The summed E-state index contributed by atoms with van der Waals surface area (Å²) in [6, 6.07) is -7.57. The van der Waals surface area contributed by atoms with Crippen molar-refractivity contribution in [3.05, 3.63) is 0 Å². The summed E-state index contributed by atoms with van der Waals surface area (Å²) in [4.78, 5) is 105. The normalized spacial score (nSPS) is 13.9. The van der Waals surface area contributed by atoms with E-state index >= 15 is 0 Å². The molecule has 23 nitrogen and oxygen atoms in total. The largest absolute Gasteiger partial charge is 0.480 e. The summed E-state index contributed by atoms with van der Waals surface area (Å²) in [5, 5.41) is 37.4. The zero-order valence-electron chi connectivity index (χ0n) is 36.4. The van der Waals surface area contributed by atoms with Crippen LogP contribution in [0.15, 0.2) is 0 Å². The maximum Gasteiger partial charge on any atom is 0.326 e. The highest BCUT2D eigenvalue weighted by atomic mass is 16.5. The Kier molecular flexibility index (Phi) is 33.4. The summed E-state index contributed by atoms with van der Waals surface area (Å²) in [6.07, 6.45) is 5.14. The van der Waals surface area contributed by atoms with Gasteiger partial charge in [-0.15, -0.1) is 0 Å². The van der Waals surface area contributed by atoms with Crippen molar-refractivity contribution in [2.45, 2.75) is 139 Å². The molecule has 0 rings (SSSR count). The van der Waals surface area contributed by atoms with E-state index in [0.717, 1.165) is 0 Å². The van der Waals surface area contributed by atoms with Gasteiger partial charge in [0.25, 0.3) is 0 Å². The molecule has 358 valence electrons. The van der Waals surface area contributed by atoms with E-state index in [1.807, 2.05) is 0 Å². The summed E-state index contributed by atoms with van der Waals surface area (Å²) in [7, 11) is 0. The first-order valence-electron chi connectivity index (χ1n) is 21.7. The number of aliphatic hydroxyl groups is 1. The Morgan fingerprint density at radius 1 is 0.452 bits per heavy atom. The van der Waals surface area contributed by atoms with Crippen molar-refractivity contribution in [1.82, 2.24) is 37.2 Å². The van der Waals surface area contributed by atoms with E-state index in [4.69, 9.17) is 33.4 Å². The summed E-state index contributed by atoms with van der Waals surface area (Å²) in [5.41, 5.74) is 28.3. The van der Waals surface area contributed by atoms with E-state index in [1.54, 1.807) is 6.92 Å². The fraction of sp³-hybridized carbons (Fsp3) is 0.795. The Labute approximate surface area is 364 Å². The minimum atomic E-state index is -1.50. The number of aliphatic carboxylic acids is 1. The molecule has 0 aromatic rings. The van der Waals surface area contributed by atoms with Crippen LogP contribution in [-0.2, 0) is 43.1 Å². The molecule has 62 heavy (non-hydrogen) atoms. The van der Waals surface area contributed by atoms with E-state index in [9.17, 15) is 48.6 Å². The topological polar surface area (TPSA) is 401 Å². The average Bonchev–Trinajstić information content (AvgIpc) is 3.24. The molecule has 0 fully saturated rings. The molecule has 19 N–H and O–H groups in total. The van der Waals surface area contributed by atoms with Gasteiger partial charge in [0.05, 0.1) is 13.2 Å². The number of carboxylic acids is 1. The van der Waals surface area contributed by atoms with E-state index in [2.05, 4.69) is 37.2 Å². The SMILES string of the molecule is CCOCC(=O)NCC(=O)N[C@@H](CO)C(=O)N[C@@H](CCCCN)C(=O)N[C@@H](CCCCN)C(=O)N[C@@H](CCCCN)C(=O)N[C@@H](CCCCN)C(=O)N[C@@H](CCCCN)C(=O)O. The van der Waals surface area contributed by atoms with Gasteiger partial charge in [0.15, 0.2) is 0 Å². The second-order valence-corrected chi connectivity index (χ2v) is 14.8. The van der Waals surface area contributed by atoms with Crippen LogP contribution in [0.3, 0.4) is 0 Å². The number of aliphatic hydroxyl groups excluding tert-OH is 1. The third-order valence-electron chi connectivity index (χ3n) is 9.60. The number of nitrogens with two attached hydrogens (primary N) is 5. The molecule has 7 amide bonds. The molecular weight excluding hydrogens is 813 g/mol. The van der Waals surface area contributed by atoms with Gasteiger partial charge in [-0.05, 0) is 136 Å². The van der Waals surface area contributed by atoms with Gasteiger partial charge in [0.1, 0.15) is 42.9 Å². The number of nitrogens with one attached hydrogen (secondary N) is 7. The van der Waals surface area contributed by atoms with E-state index in [-0.39, 0.29) is 58.4 Å². The van der Waals surface area contributed by atoms with Gasteiger partial charge < -0.3 is 80.8 Å². The van der Waals surface area contributed by atoms with Crippen LogP contribution in [0.2, 0.25) is 0 Å². The zero-order chi connectivity index (χ0) is 46.7. The minimum absolute atomic E-state index is 0.0684. The third kappa shape index (κ3) is 26.1. The van der Waals surface area contributed by atoms with Crippen LogP contribution >= 0.6 is 0 Å². The highest BCUT2D eigenvalue weighted by Gasteiger charge is 2.33. The van der Waals surface area contributed by atoms with Gasteiger partial charge in [-0.25, -0.2) is 4.79 Å². The van der Waals surface area contributed by atoms with Crippen molar-refractivity contribution in [2.24, 2.45) is 28.7 Å². The van der Waals surface area contributed by atoms with Gasteiger partial charge in [0.2, 0.25) is 41.4 Å². The van der Waals surface area contributed by atoms with Crippen molar-refractivity contribution in [3.8, 4) is 0 Å². The quantitative estimate of drug-likeness (QED) is 0.0261. The zero-order valence-corrected chi connectivity index (χ0v) is 36.4. The first-order valence-corrected chi connectivity index (χ1v) is 21.7. The molecule has 0 aromatic heterocycles. The Hall–Kier alpha value is -4.52. The first kappa shape index (κ1) is 57.5. The molecule has 0 bridgehead atoms. The first-order chi connectivity index (χ1) is 29.7. The Balaban J connectivity index is 6.31. The predicted octanol–water partition coefficient (Wildman–Crippen LogP) is -4.23. The smallest absolute Gasteiger partial charge is 0.326 e. The van der Waals surface area contributed by atoms with E-state index < -0.39 is 96.7 Å². The lowest BCUT2D eigenvalue weighted by atomic mass is 10.0. The maximum atomic E-state index is 14.0. The molecule has 0 aliphatic carbocycles. The number of hydrogen-bond donors (Lipinski definition) is 14. The molecule has 0 heterocycles. The lowest BCUT2D eigenvalue weighted by molar-refractivity contribution is -0.142. The number of carbonyl (C=O) groups excluding carboxylic acids is 7. The van der Waals surface area contributed by atoms with Gasteiger partial charge in [0, 0.05) is 6.61 Å². The Morgan fingerprint density at radius 3 is 1.05 bits per heavy atom. The lowest BCUT2D eigenvalue weighted by Gasteiger charge is -2.27. The van der Waals surface area contributed by atoms with Crippen LogP contribution in [-0.4, -0.2) is 153 Å². The van der Waals surface area contributed by atoms with Crippen LogP contribution in [0.5, 0.6) is 0 Å². The summed E-state index contributed by atoms with van der Waals surface area (Å²) in [6.45, 7) is 1.89. The number of amides is 7. The van der Waals surface area contributed by atoms with Crippen LogP contribution in [0, 0.1) is 0 Å². The third-order valence-corrected chi connectivity index (χ3v) is 9.60. The van der Waals surface area contributed by atoms with Crippen LogP contribution in [0.4, 0.5) is 0 Å². The Bertz CT molecular complexity index is 1350. The van der Waals surface area contributed by atoms with E-state index in [0.29, 0.717) is 83.8 Å². The molecule has 0 saturated carbocycles. The number of ether oxygens (including phenoxy) is 1. The fourth-order valence-corrected chi connectivity index (χ4v) is 6.02. The highest BCUT2D eigenvalue weighted by Crippen LogP contribution is 2.10. The predicted molar refractivity (Wildman–Crippen MR) is 230 cm³/mol. The minimum Gasteiger partial charge on any atom is -0.480 e. The Morgan fingerprint density at radius 2 is 0.758 bits per heavy atom. The standard InChI is InChI=1S/C39H76N12O11/c1-2-62-25-33(54)45-23-32(53)46-31(24-52)38(59)50-28(15-5-10-20-42)36(57)48-26(13-3-8-18-40)34(55)47-27(14-4-9-19-41)35(56)49-29(16-6-11-21-43)37(58)51-30(39(60)61)17-7-12-22-44/h26-31,52H,2-25,40-44H2,1H3,(H,45,54)(H,46,53)(H,47,55)(H,48,57)(H,49,56)(H,50,59)(H,51,58)(H,60,61)/t26-,27-,28-,29-,30-,31-/m0/s1. The monoisotopic (exact) mass is 889 g/mol. The summed E-state index contributed by atoms with van der Waals surface area (Å²) in [5.74, 6) is -6.46. The molecule has 0 unspecified atom stereocenters. The van der Waals surface area contributed by atoms with Crippen LogP contribution < -0.4 is 65.9 Å². The molecular formula is C39H76N12O11. The lowest BCUT2D eigenvalue weighted by Crippen LogP contribution is -2.60. The molecule has 0 radical (unpaired) electrons. The van der Waals surface area contributed by atoms with Crippen molar-refractivity contribution >= 4 is 47.3 Å². The van der Waals surface area contributed by atoms with Crippen LogP contribution in [0.1, 0.15) is 103 Å². The highest BCUT2D eigenvalue weighted by molar-refractivity contribution is 5.97. The number of rotatable bonds is 38. The van der Waals surface area contributed by atoms with Gasteiger partial charge in [-0.2, -0.15) is 0 Å². The molecule has 0 spiro atoms. The van der Waals surface area contributed by atoms with Crippen molar-refractivity contribution < 1.29 is 53.3 Å². The number of unbranched alkanes of at least 4 members (excludes halogenated alkanes) is 5. The molecule has 0 aromatic carbocycles. The number of hydrogen-bond acceptors (Lipinski definition) is 15. The summed E-state index contributed by atoms with van der Waals surface area (Å²) >= 11 is 0. The molecule has 23 heteroatoms.